The minimum absolute atomic E-state index is 0.154. The van der Waals surface area contributed by atoms with Gasteiger partial charge in [-0.2, -0.15) is 0 Å². The van der Waals surface area contributed by atoms with Crippen LogP contribution in [0.4, 0.5) is 5.82 Å². The van der Waals surface area contributed by atoms with Gasteiger partial charge in [0.25, 0.3) is 5.91 Å². The lowest BCUT2D eigenvalue weighted by atomic mass is 10.1. The van der Waals surface area contributed by atoms with Gasteiger partial charge in [-0.1, -0.05) is 6.07 Å². The van der Waals surface area contributed by atoms with Crippen molar-refractivity contribution in [3.8, 4) is 11.4 Å². The van der Waals surface area contributed by atoms with Crippen molar-refractivity contribution in [2.75, 3.05) is 5.73 Å². The molecule has 26 heavy (non-hydrogen) atoms. The number of aromatic nitrogens is 2. The molecule has 7 heteroatoms. The molecule has 0 saturated carbocycles. The first-order valence-electron chi connectivity index (χ1n) is 8.10. The molecular formula is C19H18N4O2S. The number of aryl methyl sites for hydroxylation is 2. The number of anilines is 1. The Bertz CT molecular complexity index is 1220. The highest BCUT2D eigenvalue weighted by Gasteiger charge is 2.26. The average molecular weight is 366 g/mol. The molecular weight excluding hydrogens is 348 g/mol. The first-order valence-corrected chi connectivity index (χ1v) is 8.98. The summed E-state index contributed by atoms with van der Waals surface area (Å²) in [5, 5.41) is 13.8. The summed E-state index contributed by atoms with van der Waals surface area (Å²) in [6.45, 7) is 5.66. The van der Waals surface area contributed by atoms with E-state index in [0.29, 0.717) is 22.3 Å². The van der Waals surface area contributed by atoms with Gasteiger partial charge >= 0.3 is 0 Å². The number of hydrogen-bond donors (Lipinski definition) is 3. The Morgan fingerprint density at radius 2 is 1.96 bits per heavy atom. The van der Waals surface area contributed by atoms with Crippen molar-refractivity contribution >= 4 is 44.2 Å². The smallest absolute Gasteiger partial charge is 0.253 e. The fraction of sp³-hybridized carbons (Fsp3) is 0.158. The first kappa shape index (κ1) is 16.4. The minimum Gasteiger partial charge on any atom is -0.508 e. The summed E-state index contributed by atoms with van der Waals surface area (Å²) in [4.78, 5) is 17.0. The number of aromatic hydroxyl groups is 1. The summed E-state index contributed by atoms with van der Waals surface area (Å²) in [6.07, 6.45) is 0. The zero-order valence-corrected chi connectivity index (χ0v) is 15.4. The van der Waals surface area contributed by atoms with Gasteiger partial charge in [-0.25, -0.2) is 4.98 Å². The quantitative estimate of drug-likeness (QED) is 0.504. The van der Waals surface area contributed by atoms with Crippen LogP contribution in [-0.4, -0.2) is 20.6 Å². The summed E-state index contributed by atoms with van der Waals surface area (Å²) in [7, 11) is 0. The van der Waals surface area contributed by atoms with Crippen LogP contribution < -0.4 is 11.5 Å². The number of nitrogens with two attached hydrogens (primary N) is 2. The molecule has 0 aliphatic heterocycles. The van der Waals surface area contributed by atoms with Gasteiger partial charge in [0.05, 0.1) is 16.6 Å². The van der Waals surface area contributed by atoms with E-state index in [2.05, 4.69) is 0 Å². The second-order valence-electron chi connectivity index (χ2n) is 6.39. The lowest BCUT2D eigenvalue weighted by molar-refractivity contribution is 0.100. The molecule has 0 unspecified atom stereocenters. The van der Waals surface area contributed by atoms with E-state index in [1.54, 1.807) is 10.6 Å². The van der Waals surface area contributed by atoms with Gasteiger partial charge in [0.15, 0.2) is 0 Å². The van der Waals surface area contributed by atoms with Crippen molar-refractivity contribution in [2.24, 2.45) is 5.73 Å². The maximum Gasteiger partial charge on any atom is 0.253 e. The number of rotatable bonds is 2. The normalized spacial score (nSPS) is 11.5. The molecule has 0 aliphatic rings. The number of pyridine rings is 1. The Kier molecular flexibility index (Phi) is 3.45. The molecule has 0 saturated heterocycles. The molecule has 5 N–H and O–H groups in total. The van der Waals surface area contributed by atoms with E-state index >= 15 is 0 Å². The van der Waals surface area contributed by atoms with Crippen molar-refractivity contribution < 1.29 is 9.90 Å². The van der Waals surface area contributed by atoms with E-state index in [-0.39, 0.29) is 17.1 Å². The third-order valence-corrected chi connectivity index (χ3v) is 5.74. The van der Waals surface area contributed by atoms with Crippen molar-refractivity contribution in [3.63, 3.8) is 0 Å². The Labute approximate surface area is 153 Å². The van der Waals surface area contributed by atoms with Crippen LogP contribution in [0.3, 0.4) is 0 Å². The van der Waals surface area contributed by atoms with E-state index in [0.717, 1.165) is 21.3 Å². The molecule has 0 fully saturated rings. The summed E-state index contributed by atoms with van der Waals surface area (Å²) in [5.41, 5.74) is 16.0. The fourth-order valence-electron chi connectivity index (χ4n) is 3.55. The van der Waals surface area contributed by atoms with Gasteiger partial charge in [0, 0.05) is 21.3 Å². The summed E-state index contributed by atoms with van der Waals surface area (Å²) in [5.74, 6) is -0.208. The fourth-order valence-corrected chi connectivity index (χ4v) is 4.54. The van der Waals surface area contributed by atoms with Gasteiger partial charge in [-0.3, -0.25) is 9.36 Å². The van der Waals surface area contributed by atoms with Crippen molar-refractivity contribution in [1.29, 1.82) is 0 Å². The second-order valence-corrected chi connectivity index (χ2v) is 7.31. The van der Waals surface area contributed by atoms with Gasteiger partial charge < -0.3 is 16.6 Å². The zero-order chi connectivity index (χ0) is 18.7. The van der Waals surface area contributed by atoms with E-state index in [1.165, 1.54) is 11.3 Å². The molecule has 3 aromatic heterocycles. The van der Waals surface area contributed by atoms with Crippen molar-refractivity contribution in [2.45, 2.75) is 20.8 Å². The summed E-state index contributed by atoms with van der Waals surface area (Å²) >= 11 is 1.53. The topological polar surface area (TPSA) is 107 Å². The van der Waals surface area contributed by atoms with Crippen LogP contribution in [0.1, 0.15) is 27.2 Å². The molecule has 0 spiro atoms. The van der Waals surface area contributed by atoms with Crippen LogP contribution in [0.15, 0.2) is 23.6 Å². The van der Waals surface area contributed by atoms with E-state index < -0.39 is 5.91 Å². The first-order chi connectivity index (χ1) is 12.3. The molecule has 4 rings (SSSR count). The molecule has 132 valence electrons. The molecule has 1 amide bonds. The zero-order valence-electron chi connectivity index (χ0n) is 14.6. The third kappa shape index (κ3) is 2.04. The molecule has 3 heterocycles. The number of amides is 1. The maximum absolute atomic E-state index is 12.2. The number of carbonyl (C=O) groups excluding carboxylic acids is 1. The number of thiophene rings is 1. The SMILES string of the molecule is Cc1ccc(O)c(C)c1-n1c(N)c(C(N)=O)c2c3sccc3c(C)nc21. The molecule has 6 nitrogen and oxygen atoms in total. The number of phenolic OH excluding ortho intramolecular Hbond substituents is 1. The number of phenols is 1. The van der Waals surface area contributed by atoms with E-state index in [9.17, 15) is 9.90 Å². The largest absolute Gasteiger partial charge is 0.508 e. The number of fused-ring (bicyclic) bond motifs is 3. The monoisotopic (exact) mass is 366 g/mol. The Hall–Kier alpha value is -3.06. The van der Waals surface area contributed by atoms with Crippen LogP contribution >= 0.6 is 11.3 Å². The van der Waals surface area contributed by atoms with Crippen molar-refractivity contribution in [1.82, 2.24) is 9.55 Å². The molecule has 1 aromatic carbocycles. The van der Waals surface area contributed by atoms with Crippen LogP contribution in [0.2, 0.25) is 0 Å². The van der Waals surface area contributed by atoms with Crippen LogP contribution in [0.25, 0.3) is 26.8 Å². The second kappa shape index (κ2) is 5.47. The average Bonchev–Trinajstić information content (AvgIpc) is 3.16. The Balaban J connectivity index is 2.29. The van der Waals surface area contributed by atoms with Crippen molar-refractivity contribution in [3.05, 3.63) is 46.0 Å². The van der Waals surface area contributed by atoms with Crippen LogP contribution in [0, 0.1) is 20.8 Å². The van der Waals surface area contributed by atoms with E-state index in [4.69, 9.17) is 16.5 Å². The predicted octanol–water partition coefficient (Wildman–Crippen LogP) is 3.55. The highest BCUT2D eigenvalue weighted by molar-refractivity contribution is 7.18. The number of benzene rings is 1. The summed E-state index contributed by atoms with van der Waals surface area (Å²) in [6, 6.07) is 5.43. The van der Waals surface area contributed by atoms with E-state index in [1.807, 2.05) is 38.3 Å². The van der Waals surface area contributed by atoms with Gasteiger partial charge in [-0.15, -0.1) is 11.3 Å². The van der Waals surface area contributed by atoms with Gasteiger partial charge in [-0.05, 0) is 43.8 Å². The molecule has 0 radical (unpaired) electrons. The van der Waals surface area contributed by atoms with Crippen LogP contribution in [0.5, 0.6) is 5.75 Å². The summed E-state index contributed by atoms with van der Waals surface area (Å²) < 4.78 is 2.66. The maximum atomic E-state index is 12.2. The highest BCUT2D eigenvalue weighted by atomic mass is 32.1. The predicted molar refractivity (Wildman–Crippen MR) is 105 cm³/mol. The lowest BCUT2D eigenvalue weighted by Gasteiger charge is -2.15. The number of nitrogens with zero attached hydrogens (tertiary/aromatic N) is 2. The number of nitrogen functional groups attached to an aromatic ring is 1. The molecule has 0 aliphatic carbocycles. The van der Waals surface area contributed by atoms with Gasteiger partial charge in [0.1, 0.15) is 17.2 Å². The molecule has 4 aromatic rings. The number of primary amides is 1. The van der Waals surface area contributed by atoms with Gasteiger partial charge in [0.2, 0.25) is 0 Å². The standard InChI is InChI=1S/C19H18N4O2S/c1-8-4-5-12(24)9(2)15(8)23-17(20)14(18(21)25)13-16-11(6-7-26-16)10(3)22-19(13)23/h4-7,24H,20H2,1-3H3,(H2,21,25). The lowest BCUT2D eigenvalue weighted by Crippen LogP contribution is -2.14. The third-order valence-electron chi connectivity index (χ3n) is 4.81. The number of hydrogen-bond acceptors (Lipinski definition) is 5. The number of carbonyl (C=O) groups is 1. The minimum atomic E-state index is -0.595. The Morgan fingerprint density at radius 1 is 1.23 bits per heavy atom. The highest BCUT2D eigenvalue weighted by Crippen LogP contribution is 2.40. The van der Waals surface area contributed by atoms with Crippen LogP contribution in [-0.2, 0) is 0 Å². The Morgan fingerprint density at radius 3 is 2.65 bits per heavy atom. The molecule has 0 bridgehead atoms. The molecule has 0 atom stereocenters.